The zero-order valence-electron chi connectivity index (χ0n) is 15.5. The fourth-order valence-corrected chi connectivity index (χ4v) is 2.52. The third kappa shape index (κ3) is 9.86. The highest BCUT2D eigenvalue weighted by molar-refractivity contribution is 5.93. The molecule has 1 aromatic heterocycles. The fourth-order valence-electron chi connectivity index (χ4n) is 2.52. The maximum absolute atomic E-state index is 12.4. The maximum atomic E-state index is 12.4. The standard InChI is InChI=1S/C18H31N3O4/c1-3-4-5-6-7-8-9-10-18(23)21(12-14-24-2)15-17(22)19-16-11-13-25-20-16/h11,13H,3-10,12,14-15H2,1-2H3,(H,19,20,22). The van der Waals surface area contributed by atoms with Gasteiger partial charge in [-0.1, -0.05) is 50.6 Å². The minimum absolute atomic E-state index is 0.00838. The van der Waals surface area contributed by atoms with Crippen LogP contribution in [0.4, 0.5) is 5.82 Å². The van der Waals surface area contributed by atoms with Gasteiger partial charge in [-0.05, 0) is 6.42 Å². The van der Waals surface area contributed by atoms with Crippen LogP contribution < -0.4 is 5.32 Å². The predicted octanol–water partition coefficient (Wildman–Crippen LogP) is 3.23. The molecule has 0 fully saturated rings. The first-order valence-electron chi connectivity index (χ1n) is 9.14. The second-order valence-corrected chi connectivity index (χ2v) is 6.11. The van der Waals surface area contributed by atoms with Crippen molar-refractivity contribution in [3.05, 3.63) is 12.3 Å². The summed E-state index contributed by atoms with van der Waals surface area (Å²) in [7, 11) is 1.58. The van der Waals surface area contributed by atoms with Crippen molar-refractivity contribution in [3.63, 3.8) is 0 Å². The summed E-state index contributed by atoms with van der Waals surface area (Å²) in [4.78, 5) is 26.0. The topological polar surface area (TPSA) is 84.7 Å². The summed E-state index contributed by atoms with van der Waals surface area (Å²) in [5, 5.41) is 6.23. The number of carbonyl (C=O) groups excluding carboxylic acids is 2. The van der Waals surface area contributed by atoms with Crippen molar-refractivity contribution in [2.75, 3.05) is 32.1 Å². The van der Waals surface area contributed by atoms with Crippen LogP contribution in [0.15, 0.2) is 16.9 Å². The molecule has 0 unspecified atom stereocenters. The van der Waals surface area contributed by atoms with E-state index < -0.39 is 0 Å². The number of aromatic nitrogens is 1. The molecule has 25 heavy (non-hydrogen) atoms. The Labute approximate surface area is 150 Å². The molecule has 0 spiro atoms. The van der Waals surface area contributed by atoms with E-state index in [1.54, 1.807) is 13.2 Å². The molecule has 0 aliphatic rings. The number of anilines is 1. The van der Waals surface area contributed by atoms with E-state index in [9.17, 15) is 9.59 Å². The molecule has 142 valence electrons. The summed E-state index contributed by atoms with van der Waals surface area (Å²) >= 11 is 0. The van der Waals surface area contributed by atoms with Crippen molar-refractivity contribution in [2.45, 2.75) is 58.3 Å². The van der Waals surface area contributed by atoms with Gasteiger partial charge >= 0.3 is 0 Å². The Hall–Kier alpha value is -1.89. The molecule has 1 heterocycles. The number of ether oxygens (including phenoxy) is 1. The summed E-state index contributed by atoms with van der Waals surface area (Å²) in [5.41, 5.74) is 0. The Morgan fingerprint density at radius 3 is 2.56 bits per heavy atom. The molecule has 1 aromatic rings. The van der Waals surface area contributed by atoms with Crippen LogP contribution in [0, 0.1) is 0 Å². The molecule has 1 rings (SSSR count). The Morgan fingerprint density at radius 1 is 1.20 bits per heavy atom. The quantitative estimate of drug-likeness (QED) is 0.519. The third-order valence-electron chi connectivity index (χ3n) is 3.95. The van der Waals surface area contributed by atoms with Gasteiger partial charge in [-0.15, -0.1) is 0 Å². The monoisotopic (exact) mass is 353 g/mol. The van der Waals surface area contributed by atoms with Gasteiger partial charge in [0.25, 0.3) is 0 Å². The highest BCUT2D eigenvalue weighted by atomic mass is 16.5. The van der Waals surface area contributed by atoms with Gasteiger partial charge in [-0.3, -0.25) is 9.59 Å². The summed E-state index contributed by atoms with van der Waals surface area (Å²) in [6.07, 6.45) is 9.95. The minimum atomic E-state index is -0.294. The van der Waals surface area contributed by atoms with E-state index >= 15 is 0 Å². The average Bonchev–Trinajstić information content (AvgIpc) is 3.10. The van der Waals surface area contributed by atoms with E-state index in [0.717, 1.165) is 19.3 Å². The number of carbonyl (C=O) groups is 2. The average molecular weight is 353 g/mol. The number of rotatable bonds is 14. The summed E-state index contributed by atoms with van der Waals surface area (Å²) in [5.74, 6) is 0.0371. The van der Waals surface area contributed by atoms with E-state index in [0.29, 0.717) is 25.4 Å². The Kier molecular flexibility index (Phi) is 11.3. The lowest BCUT2D eigenvalue weighted by molar-refractivity contribution is -0.135. The van der Waals surface area contributed by atoms with Crippen molar-refractivity contribution in [1.29, 1.82) is 0 Å². The molecule has 0 atom stereocenters. The smallest absolute Gasteiger partial charge is 0.245 e. The van der Waals surface area contributed by atoms with Crippen LogP contribution in [0.2, 0.25) is 0 Å². The lowest BCUT2D eigenvalue weighted by atomic mass is 10.1. The van der Waals surface area contributed by atoms with Gasteiger partial charge in [0, 0.05) is 26.1 Å². The number of nitrogens with zero attached hydrogens (tertiary/aromatic N) is 2. The Morgan fingerprint density at radius 2 is 1.92 bits per heavy atom. The third-order valence-corrected chi connectivity index (χ3v) is 3.95. The number of methoxy groups -OCH3 is 1. The fraction of sp³-hybridized carbons (Fsp3) is 0.722. The van der Waals surface area contributed by atoms with Gasteiger partial charge in [-0.25, -0.2) is 0 Å². The van der Waals surface area contributed by atoms with Gasteiger partial charge < -0.3 is 19.5 Å². The van der Waals surface area contributed by atoms with Crippen LogP contribution in [0.5, 0.6) is 0 Å². The van der Waals surface area contributed by atoms with Crippen LogP contribution in [-0.4, -0.2) is 48.7 Å². The molecule has 1 N–H and O–H groups in total. The molecule has 0 radical (unpaired) electrons. The first-order chi connectivity index (χ1) is 12.2. The zero-order chi connectivity index (χ0) is 18.3. The molecule has 0 bridgehead atoms. The highest BCUT2D eigenvalue weighted by Gasteiger charge is 2.17. The van der Waals surface area contributed by atoms with Gasteiger partial charge in [0.2, 0.25) is 11.8 Å². The molecular formula is C18H31N3O4. The normalized spacial score (nSPS) is 10.6. The largest absolute Gasteiger partial charge is 0.383 e. The van der Waals surface area contributed by atoms with E-state index in [1.165, 1.54) is 36.8 Å². The SMILES string of the molecule is CCCCCCCCCC(=O)N(CCOC)CC(=O)Nc1ccon1. The molecule has 0 saturated heterocycles. The molecule has 0 saturated carbocycles. The van der Waals surface area contributed by atoms with Crippen molar-refractivity contribution >= 4 is 17.6 Å². The van der Waals surface area contributed by atoms with E-state index in [-0.39, 0.29) is 18.4 Å². The number of hydrogen-bond acceptors (Lipinski definition) is 5. The van der Waals surface area contributed by atoms with Crippen molar-refractivity contribution in [1.82, 2.24) is 10.1 Å². The first kappa shape index (κ1) is 21.2. The highest BCUT2D eigenvalue weighted by Crippen LogP contribution is 2.10. The van der Waals surface area contributed by atoms with E-state index in [1.807, 2.05) is 0 Å². The predicted molar refractivity (Wildman–Crippen MR) is 96.2 cm³/mol. The van der Waals surface area contributed by atoms with Crippen LogP contribution in [0.1, 0.15) is 58.3 Å². The molecule has 0 aliphatic carbocycles. The number of amides is 2. The summed E-state index contributed by atoms with van der Waals surface area (Å²) < 4.78 is 9.71. The number of nitrogens with one attached hydrogen (secondary N) is 1. The van der Waals surface area contributed by atoms with E-state index in [2.05, 4.69) is 21.9 Å². The Balaban J connectivity index is 2.31. The maximum Gasteiger partial charge on any atom is 0.245 e. The Bertz CT molecular complexity index is 477. The molecule has 2 amide bonds. The summed E-state index contributed by atoms with van der Waals surface area (Å²) in [6.45, 7) is 3.00. The zero-order valence-corrected chi connectivity index (χ0v) is 15.5. The lowest BCUT2D eigenvalue weighted by Crippen LogP contribution is -2.39. The van der Waals surface area contributed by atoms with Crippen LogP contribution in [0.25, 0.3) is 0 Å². The van der Waals surface area contributed by atoms with Gasteiger partial charge in [0.15, 0.2) is 5.82 Å². The van der Waals surface area contributed by atoms with Crippen LogP contribution in [0.3, 0.4) is 0 Å². The molecule has 0 aromatic carbocycles. The van der Waals surface area contributed by atoms with Crippen molar-refractivity contribution in [3.8, 4) is 0 Å². The van der Waals surface area contributed by atoms with Crippen molar-refractivity contribution in [2.24, 2.45) is 0 Å². The molecule has 0 aliphatic heterocycles. The van der Waals surface area contributed by atoms with Crippen molar-refractivity contribution < 1.29 is 18.8 Å². The van der Waals surface area contributed by atoms with Crippen LogP contribution >= 0.6 is 0 Å². The minimum Gasteiger partial charge on any atom is -0.383 e. The first-order valence-corrected chi connectivity index (χ1v) is 9.14. The van der Waals surface area contributed by atoms with Gasteiger partial charge in [-0.2, -0.15) is 0 Å². The second-order valence-electron chi connectivity index (χ2n) is 6.11. The van der Waals surface area contributed by atoms with Gasteiger partial charge in [0.05, 0.1) is 13.2 Å². The molecule has 7 heteroatoms. The number of unbranched alkanes of at least 4 members (excludes halogenated alkanes) is 6. The second kappa shape index (κ2) is 13.4. The van der Waals surface area contributed by atoms with Gasteiger partial charge in [0.1, 0.15) is 6.26 Å². The van der Waals surface area contributed by atoms with Crippen LogP contribution in [-0.2, 0) is 14.3 Å². The summed E-state index contributed by atoms with van der Waals surface area (Å²) in [6, 6.07) is 1.55. The molecular weight excluding hydrogens is 322 g/mol. The molecule has 7 nitrogen and oxygen atoms in total. The lowest BCUT2D eigenvalue weighted by Gasteiger charge is -2.21. The number of hydrogen-bond donors (Lipinski definition) is 1. The van der Waals surface area contributed by atoms with E-state index in [4.69, 9.17) is 4.74 Å².